The molecule has 0 radical (unpaired) electrons. The molecule has 60 valence electrons. The summed E-state index contributed by atoms with van der Waals surface area (Å²) < 4.78 is 9.63. The van der Waals surface area contributed by atoms with Crippen LogP contribution >= 0.6 is 0 Å². The lowest BCUT2D eigenvalue weighted by molar-refractivity contribution is -0.130. The zero-order valence-electron chi connectivity index (χ0n) is 6.50. The van der Waals surface area contributed by atoms with E-state index in [-0.39, 0.29) is 6.10 Å². The molecule has 0 aliphatic carbocycles. The molecular formula is C7H14O3. The molecular weight excluding hydrogens is 132 g/mol. The van der Waals surface area contributed by atoms with Crippen LogP contribution in [0.3, 0.4) is 0 Å². The summed E-state index contributed by atoms with van der Waals surface area (Å²) in [6.07, 6.45) is 1.25. The molecule has 0 aromatic rings. The van der Waals surface area contributed by atoms with Gasteiger partial charge in [-0.05, 0) is 13.3 Å². The van der Waals surface area contributed by atoms with Crippen LogP contribution in [-0.2, 0) is 14.3 Å². The minimum Gasteiger partial charge on any atom is -0.465 e. The Morgan fingerprint density at radius 3 is 2.70 bits per heavy atom. The van der Waals surface area contributed by atoms with Crippen molar-refractivity contribution in [2.75, 3.05) is 13.2 Å². The van der Waals surface area contributed by atoms with Gasteiger partial charge in [-0.1, -0.05) is 6.92 Å². The predicted octanol–water partition coefficient (Wildman–Crippen LogP) is 0.974. The van der Waals surface area contributed by atoms with Crippen LogP contribution < -0.4 is 0 Å². The Labute approximate surface area is 61.3 Å². The normalized spacial score (nSPS) is 12.6. The molecule has 3 heteroatoms. The zero-order chi connectivity index (χ0) is 7.82. The molecule has 1 unspecified atom stereocenters. The molecule has 0 saturated carbocycles. The van der Waals surface area contributed by atoms with Crippen molar-refractivity contribution >= 4 is 6.47 Å². The Kier molecular flexibility index (Phi) is 6.18. The first-order chi connectivity index (χ1) is 4.81. The van der Waals surface area contributed by atoms with Crippen LogP contribution in [0.2, 0.25) is 0 Å². The maximum absolute atomic E-state index is 9.64. The van der Waals surface area contributed by atoms with Crippen molar-refractivity contribution in [2.24, 2.45) is 0 Å². The molecule has 0 aliphatic rings. The molecule has 0 heterocycles. The average Bonchev–Trinajstić information content (AvgIpc) is 1.98. The van der Waals surface area contributed by atoms with Crippen molar-refractivity contribution in [1.29, 1.82) is 0 Å². The van der Waals surface area contributed by atoms with Crippen LogP contribution in [0.1, 0.15) is 20.3 Å². The second-order valence-corrected chi connectivity index (χ2v) is 2.06. The van der Waals surface area contributed by atoms with Crippen molar-refractivity contribution in [1.82, 2.24) is 0 Å². The topological polar surface area (TPSA) is 35.5 Å². The number of hydrogen-bond acceptors (Lipinski definition) is 3. The van der Waals surface area contributed by atoms with Crippen molar-refractivity contribution in [3.63, 3.8) is 0 Å². The van der Waals surface area contributed by atoms with E-state index in [0.29, 0.717) is 19.7 Å². The highest BCUT2D eigenvalue weighted by atomic mass is 16.5. The maximum Gasteiger partial charge on any atom is 0.293 e. The van der Waals surface area contributed by atoms with Gasteiger partial charge in [-0.2, -0.15) is 0 Å². The zero-order valence-corrected chi connectivity index (χ0v) is 6.50. The van der Waals surface area contributed by atoms with Crippen LogP contribution in [-0.4, -0.2) is 25.8 Å². The third-order valence-electron chi connectivity index (χ3n) is 1.25. The van der Waals surface area contributed by atoms with Crippen molar-refractivity contribution in [3.8, 4) is 0 Å². The number of ether oxygens (including phenoxy) is 2. The smallest absolute Gasteiger partial charge is 0.293 e. The highest BCUT2D eigenvalue weighted by molar-refractivity contribution is 5.36. The van der Waals surface area contributed by atoms with Gasteiger partial charge in [0.15, 0.2) is 0 Å². The van der Waals surface area contributed by atoms with Crippen LogP contribution in [0, 0.1) is 0 Å². The third kappa shape index (κ3) is 5.56. The second kappa shape index (κ2) is 6.55. The van der Waals surface area contributed by atoms with Gasteiger partial charge in [-0.25, -0.2) is 0 Å². The summed E-state index contributed by atoms with van der Waals surface area (Å²) in [6, 6.07) is 0. The van der Waals surface area contributed by atoms with E-state index in [9.17, 15) is 4.79 Å². The molecule has 0 amide bonds. The Morgan fingerprint density at radius 1 is 1.50 bits per heavy atom. The summed E-state index contributed by atoms with van der Waals surface area (Å²) in [5.74, 6) is 0. The molecule has 1 atom stereocenters. The molecule has 0 saturated heterocycles. The molecule has 0 spiro atoms. The lowest BCUT2D eigenvalue weighted by atomic mass is 10.3. The first-order valence-electron chi connectivity index (χ1n) is 3.48. The van der Waals surface area contributed by atoms with Crippen LogP contribution in [0.4, 0.5) is 0 Å². The number of rotatable bonds is 6. The summed E-state index contributed by atoms with van der Waals surface area (Å²) in [5.41, 5.74) is 0. The predicted molar refractivity (Wildman–Crippen MR) is 37.7 cm³/mol. The van der Waals surface area contributed by atoms with Gasteiger partial charge in [-0.15, -0.1) is 0 Å². The van der Waals surface area contributed by atoms with Gasteiger partial charge in [0.2, 0.25) is 0 Å². The summed E-state index contributed by atoms with van der Waals surface area (Å²) in [6.45, 7) is 5.31. The standard InChI is InChI=1S/C7H14O3/c1-3-7(2)10-5-4-9-6-8/h6-7H,3-5H2,1-2H3. The maximum atomic E-state index is 9.64. The summed E-state index contributed by atoms with van der Waals surface area (Å²) in [4.78, 5) is 9.64. The van der Waals surface area contributed by atoms with Gasteiger partial charge in [-0.3, -0.25) is 4.79 Å². The quantitative estimate of drug-likeness (QED) is 0.414. The molecule has 0 N–H and O–H groups in total. The van der Waals surface area contributed by atoms with E-state index in [4.69, 9.17) is 4.74 Å². The van der Waals surface area contributed by atoms with E-state index >= 15 is 0 Å². The van der Waals surface area contributed by atoms with Gasteiger partial charge in [0.05, 0.1) is 12.7 Å². The summed E-state index contributed by atoms with van der Waals surface area (Å²) in [5, 5.41) is 0. The highest BCUT2D eigenvalue weighted by Crippen LogP contribution is 1.94. The van der Waals surface area contributed by atoms with Crippen molar-refractivity contribution in [3.05, 3.63) is 0 Å². The molecule has 0 fully saturated rings. The average molecular weight is 146 g/mol. The molecule has 3 nitrogen and oxygen atoms in total. The van der Waals surface area contributed by atoms with Gasteiger partial charge >= 0.3 is 0 Å². The molecule has 10 heavy (non-hydrogen) atoms. The van der Waals surface area contributed by atoms with E-state index in [1.165, 1.54) is 0 Å². The third-order valence-corrected chi connectivity index (χ3v) is 1.25. The van der Waals surface area contributed by atoms with E-state index < -0.39 is 0 Å². The molecule has 0 rings (SSSR count). The van der Waals surface area contributed by atoms with E-state index in [1.54, 1.807) is 0 Å². The number of carbonyl (C=O) groups excluding carboxylic acids is 1. The largest absolute Gasteiger partial charge is 0.465 e. The Morgan fingerprint density at radius 2 is 2.20 bits per heavy atom. The Bertz CT molecular complexity index is 82.9. The fourth-order valence-electron chi connectivity index (χ4n) is 0.463. The van der Waals surface area contributed by atoms with Gasteiger partial charge in [0.1, 0.15) is 6.61 Å². The van der Waals surface area contributed by atoms with E-state index in [1.807, 2.05) is 13.8 Å². The Hall–Kier alpha value is -0.570. The first kappa shape index (κ1) is 9.43. The molecule has 0 aliphatic heterocycles. The molecule has 0 aromatic heterocycles. The van der Waals surface area contributed by atoms with Crippen LogP contribution in [0.5, 0.6) is 0 Å². The lowest BCUT2D eigenvalue weighted by Gasteiger charge is -2.08. The number of hydrogen-bond donors (Lipinski definition) is 0. The lowest BCUT2D eigenvalue weighted by Crippen LogP contribution is -2.11. The van der Waals surface area contributed by atoms with Crippen molar-refractivity contribution in [2.45, 2.75) is 26.4 Å². The fraction of sp³-hybridized carbons (Fsp3) is 0.857. The molecule has 0 aromatic carbocycles. The molecule has 0 bridgehead atoms. The van der Waals surface area contributed by atoms with E-state index in [0.717, 1.165) is 6.42 Å². The number of carbonyl (C=O) groups is 1. The minimum absolute atomic E-state index is 0.259. The van der Waals surface area contributed by atoms with Gasteiger partial charge < -0.3 is 9.47 Å². The first-order valence-corrected chi connectivity index (χ1v) is 3.48. The monoisotopic (exact) mass is 146 g/mol. The van der Waals surface area contributed by atoms with Gasteiger partial charge in [0.25, 0.3) is 6.47 Å². The summed E-state index contributed by atoms with van der Waals surface area (Å²) >= 11 is 0. The van der Waals surface area contributed by atoms with Crippen molar-refractivity contribution < 1.29 is 14.3 Å². The minimum atomic E-state index is 0.259. The fourth-order valence-corrected chi connectivity index (χ4v) is 0.463. The SMILES string of the molecule is CCC(C)OCCOC=O. The summed E-state index contributed by atoms with van der Waals surface area (Å²) in [7, 11) is 0. The van der Waals surface area contributed by atoms with Crippen LogP contribution in [0.15, 0.2) is 0 Å². The van der Waals surface area contributed by atoms with Gasteiger partial charge in [0, 0.05) is 0 Å². The Balaban J connectivity index is 2.95. The van der Waals surface area contributed by atoms with E-state index in [2.05, 4.69) is 4.74 Å². The van der Waals surface area contributed by atoms with Crippen LogP contribution in [0.25, 0.3) is 0 Å². The second-order valence-electron chi connectivity index (χ2n) is 2.06. The highest BCUT2D eigenvalue weighted by Gasteiger charge is 1.96.